The van der Waals surface area contributed by atoms with E-state index in [4.69, 9.17) is 30.3 Å². The Balaban J connectivity index is 0.00000121. The van der Waals surface area contributed by atoms with Crippen molar-refractivity contribution in [3.8, 4) is 0 Å². The minimum Gasteiger partial charge on any atom is -0.857 e. The summed E-state index contributed by atoms with van der Waals surface area (Å²) in [5, 5.41) is 20.3. The molecule has 8 aliphatic rings. The van der Waals surface area contributed by atoms with Crippen LogP contribution in [0.4, 0.5) is 3.89 Å². The Labute approximate surface area is 627 Å². The van der Waals surface area contributed by atoms with Crippen LogP contribution in [-0.4, -0.2) is 215 Å². The molecule has 30 heteroatoms. The van der Waals surface area contributed by atoms with Crippen LogP contribution in [0.1, 0.15) is 148 Å². The van der Waals surface area contributed by atoms with Gasteiger partial charge in [-0.3, -0.25) is 4.79 Å². The topological polar surface area (TPSA) is 276 Å². The van der Waals surface area contributed by atoms with Gasteiger partial charge in [-0.1, -0.05) is 123 Å². The second-order valence-corrected chi connectivity index (χ2v) is 41.1. The fraction of sp³-hybridized carbons (Fsp3) is 0.821. The summed E-state index contributed by atoms with van der Waals surface area (Å²) < 4.78 is 120. The van der Waals surface area contributed by atoms with E-state index in [-0.39, 0.29) is 141 Å². The fourth-order valence-electron chi connectivity index (χ4n) is 17.5. The van der Waals surface area contributed by atoms with Crippen molar-refractivity contribution in [2.24, 2.45) is 56.2 Å². The van der Waals surface area contributed by atoms with Gasteiger partial charge in [0.05, 0.1) is 42.0 Å². The molecule has 1 N–H and O–H groups in total. The Hall–Kier alpha value is -1.87. The van der Waals surface area contributed by atoms with Crippen molar-refractivity contribution < 1.29 is 93.8 Å². The van der Waals surface area contributed by atoms with E-state index in [0.717, 1.165) is 96.5 Å². The largest absolute Gasteiger partial charge is 1.00 e. The Kier molecular flexibility index (Phi) is 34.5. The molecule has 97 heavy (non-hydrogen) atoms. The van der Waals surface area contributed by atoms with E-state index in [1.165, 1.54) is 48.8 Å². The molecule has 0 radical (unpaired) electrons. The number of hydrogen-bond donors (Lipinski definition) is 1. The van der Waals surface area contributed by atoms with Crippen molar-refractivity contribution >= 4 is 91.4 Å². The number of Topliss-reactive ketones (excluding diaryl/α,β-unsaturated/α-hetero) is 2. The van der Waals surface area contributed by atoms with Crippen LogP contribution in [0.15, 0.2) is 33.2 Å². The monoisotopic (exact) mass is 1560 g/mol. The van der Waals surface area contributed by atoms with E-state index in [2.05, 4.69) is 111 Å². The zero-order chi connectivity index (χ0) is 73.7. The van der Waals surface area contributed by atoms with Crippen molar-refractivity contribution in [1.82, 2.24) is 30.3 Å². The number of rotatable bonds is 11. The fourth-order valence-corrected chi connectivity index (χ4v) is 21.3. The molecule has 5 fully saturated rings. The van der Waals surface area contributed by atoms with E-state index in [9.17, 15) is 47.1 Å². The van der Waals surface area contributed by atoms with Gasteiger partial charge in [0.1, 0.15) is 50.9 Å². The zero-order valence-corrected chi connectivity index (χ0v) is 69.0. The number of fused-ring (bicyclic) bond motifs is 6. The van der Waals surface area contributed by atoms with Crippen LogP contribution in [0.25, 0.3) is 9.69 Å². The molecule has 0 aromatic carbocycles. The molecule has 0 spiro atoms. The number of allylic oxidation sites excluding steroid dienone is 1. The summed E-state index contributed by atoms with van der Waals surface area (Å²) in [5.74, 6) is 4.66. The van der Waals surface area contributed by atoms with E-state index < -0.39 is 56.2 Å². The van der Waals surface area contributed by atoms with Crippen LogP contribution < -0.4 is 40.0 Å². The van der Waals surface area contributed by atoms with Crippen molar-refractivity contribution in [2.75, 3.05) is 139 Å². The Morgan fingerprint density at radius 3 is 1.42 bits per heavy atom. The number of hydrogen-bond acceptors (Lipinski definition) is 20. The molecule has 2 aromatic heterocycles. The van der Waals surface area contributed by atoms with Gasteiger partial charge in [-0.05, 0) is 110 Å². The standard InChI is InChI=1S/2C16H26N2O3S.C16H24N2O3S.C13H20N2O.C3H7BrO2S.CH3FS.CH3O.CH4.ClH.Na.H2/c1-15(2)13-5-6-18(7-8-22(4,19)20)11-16(13,3)9-12-10-17-21-14(12)15;2*1-15(2)13-6-7-18(8-9-22(5,20)21)11-16(13,3)10-12(17-4)14(15)19;1-12(2)10-4-5-14-8-13(10,3)6-9-7-15-16-11(9)12;1-7(5,6)3-2-4;1-3-2;1-2;;;;/h10,13H,5-9,11H2,1-4H3;12-13H,6-11H2,1-3,5H3;10,13H,6-9,11H2,1-3,5H3;7,10,14H,4-6,8H2,1-3H3;2-3H2,1H3;1H3;1H3;1H4;1H;;1H/q;;;;;;-1;;;+1;/t13?,16-;12?,13?,16-;13-,16+;10?,13-;;;;;;;/m0010......./s1/i;;;;;;;;;;1+1D. The summed E-state index contributed by atoms with van der Waals surface area (Å²) in [6.45, 7) is 49.5. The number of piperidine rings is 4. The second kappa shape index (κ2) is 36.7. The number of halogens is 3. The molecule has 0 bridgehead atoms. The minimum atomic E-state index is -2.98. The number of nitrogens with one attached hydrogen (secondary N) is 1. The van der Waals surface area contributed by atoms with E-state index >= 15 is 0 Å². The molecule has 2 aromatic rings. The number of likely N-dealkylation sites (tertiary alicyclic amines) is 3. The Bertz CT molecular complexity index is 3540. The molecule has 21 nitrogen and oxygen atoms in total. The van der Waals surface area contributed by atoms with Gasteiger partial charge in [-0.15, -0.1) is 12.4 Å². The quantitative estimate of drug-likeness (QED) is 0.145. The predicted molar refractivity (Wildman–Crippen MR) is 390 cm³/mol. The molecule has 0 amide bonds. The van der Waals surface area contributed by atoms with Gasteiger partial charge in [0, 0.05) is 137 Å². The maximum atomic E-state index is 12.5. The van der Waals surface area contributed by atoms with Crippen LogP contribution >= 0.6 is 40.5 Å². The van der Waals surface area contributed by atoms with E-state index in [1.807, 2.05) is 46.2 Å². The molecular weight excluding hydrogens is 1440 g/mol. The molecule has 10 rings (SSSR count). The van der Waals surface area contributed by atoms with E-state index in [1.54, 1.807) is 0 Å². The average molecular weight is 1560 g/mol. The molecule has 4 aliphatic heterocycles. The number of carbonyl (C=O) groups excluding carboxylic acids is 2. The third-order valence-electron chi connectivity index (χ3n) is 21.5. The first kappa shape index (κ1) is 91.2. The summed E-state index contributed by atoms with van der Waals surface area (Å²) in [5.41, 5.74) is 2.03. The third kappa shape index (κ3) is 24.1. The predicted octanol–water partition coefficient (Wildman–Crippen LogP) is 6.37. The first-order valence-corrected chi connectivity index (χ1v) is 42.8. The van der Waals surface area contributed by atoms with Gasteiger partial charge in [0.15, 0.2) is 5.78 Å². The summed E-state index contributed by atoms with van der Waals surface area (Å²) in [7, 11) is -10.8. The maximum Gasteiger partial charge on any atom is 1.00 e. The van der Waals surface area contributed by atoms with Gasteiger partial charge < -0.3 is 43.8 Å². The number of sulfone groups is 4. The third-order valence-corrected chi connectivity index (χ3v) is 26.1. The van der Waals surface area contributed by atoms with Crippen LogP contribution in [0.2, 0.25) is 0 Å². The van der Waals surface area contributed by atoms with Crippen molar-refractivity contribution in [3.05, 3.63) is 69.6 Å². The van der Waals surface area contributed by atoms with Gasteiger partial charge in [0.25, 0.3) is 6.04 Å². The van der Waals surface area contributed by atoms with Crippen LogP contribution in [-0.2, 0) is 72.6 Å². The molecule has 4 saturated heterocycles. The van der Waals surface area contributed by atoms with Crippen molar-refractivity contribution in [3.63, 3.8) is 0 Å². The van der Waals surface area contributed by atoms with Crippen molar-refractivity contribution in [2.45, 2.75) is 152 Å². The van der Waals surface area contributed by atoms with Gasteiger partial charge in [-0.25, -0.2) is 45.1 Å². The van der Waals surface area contributed by atoms with Gasteiger partial charge in [0.2, 0.25) is 11.5 Å². The molecular formula is C67H116BrClFN8NaO13S5. The number of alkyl halides is 1. The maximum absolute atomic E-state index is 12.5. The normalized spacial score (nSPS) is 29.7. The summed E-state index contributed by atoms with van der Waals surface area (Å²) >= 11 is 3.26. The Morgan fingerprint density at radius 1 is 0.649 bits per heavy atom. The molecule has 554 valence electrons. The minimum absolute atomic E-state index is 0. The summed E-state index contributed by atoms with van der Waals surface area (Å²) in [6.07, 6.45) is 18.7. The number of aromatic nitrogens is 2. The first-order valence-electron chi connectivity index (χ1n) is 33.3. The van der Waals surface area contributed by atoms with Crippen LogP contribution in [0, 0.1) is 69.3 Å². The van der Waals surface area contributed by atoms with Crippen molar-refractivity contribution in [1.29, 1.82) is 0 Å². The number of nitrogens with zero attached hydrogens (tertiary/aromatic N) is 7. The molecule has 4 aliphatic carbocycles. The molecule has 6 heterocycles. The summed E-state index contributed by atoms with van der Waals surface area (Å²) in [6, 6.07) is -0.550. The van der Waals surface area contributed by atoms with Gasteiger partial charge in [-0.2, -0.15) is 11.0 Å². The van der Waals surface area contributed by atoms with E-state index in [0.29, 0.717) is 55.2 Å². The van der Waals surface area contributed by atoms with Crippen LogP contribution in [0.3, 0.4) is 0 Å². The molecule has 9 atom stereocenters. The first-order chi connectivity index (χ1) is 44.1. The molecule has 1 saturated carbocycles. The average Bonchev–Trinajstić information content (AvgIpc) is 1.70. The summed E-state index contributed by atoms with van der Waals surface area (Å²) in [4.78, 5) is 38.6. The SMILES string of the molecule is C.CC1(C)c2oncc2C[C@@]2(C)CN(CCS(C)(=O)=O)CCC12.CC1(C)c2oncc2C[C@@]2(C)CNCCC12.CS(=O)(=O)CCBr.CSF.C[O-].Cl.[2H][2H].[C-]#[N+]C1=C[C@@]2(C)CN(CCS(C)(=O)=O)CC[C@@H]2C(C)(C)C1=O.[C-]#[N+]C1C[C@@]2(C)CN(CCS(C)(=O)=O)CCC2C(C)(C)C1=O.[Na+]. The number of ketones is 2. The van der Waals surface area contributed by atoms with Gasteiger partial charge >= 0.3 is 29.6 Å². The van der Waals surface area contributed by atoms with Crippen LogP contribution in [0.5, 0.6) is 0 Å². The smallest absolute Gasteiger partial charge is 0.857 e. The second-order valence-electron chi connectivity index (χ2n) is 31.0. The Morgan fingerprint density at radius 2 is 1.03 bits per heavy atom. The zero-order valence-electron chi connectivity index (χ0n) is 62.5. The number of carbonyl (C=O) groups is 2. The molecule has 4 unspecified atom stereocenters.